The summed E-state index contributed by atoms with van der Waals surface area (Å²) >= 11 is 12.5. The van der Waals surface area contributed by atoms with Gasteiger partial charge in [0.05, 0.1) is 6.04 Å². The first-order chi connectivity index (χ1) is 14.0. The van der Waals surface area contributed by atoms with Crippen molar-refractivity contribution in [3.05, 3.63) is 93.2 Å². The Morgan fingerprint density at radius 3 is 2.21 bits per heavy atom. The van der Waals surface area contributed by atoms with E-state index in [9.17, 15) is 9.18 Å². The highest BCUT2D eigenvalue weighted by molar-refractivity contribution is 6.31. The average molecular weight is 428 g/mol. The summed E-state index contributed by atoms with van der Waals surface area (Å²) in [5, 5.41) is 4.35. The van der Waals surface area contributed by atoms with Crippen LogP contribution in [0.15, 0.2) is 60.7 Å². The number of benzene rings is 3. The Kier molecular flexibility index (Phi) is 4.58. The smallest absolute Gasteiger partial charge is 0.250 e. The molecule has 3 unspecified atom stereocenters. The van der Waals surface area contributed by atoms with E-state index in [2.05, 4.69) is 5.32 Å². The molecule has 3 aromatic carbocycles. The average Bonchev–Trinajstić information content (AvgIpc) is 2.70. The van der Waals surface area contributed by atoms with Crippen molar-refractivity contribution in [3.63, 3.8) is 0 Å². The number of amides is 1. The molecular weight excluding hydrogens is 412 g/mol. The first-order valence-electron chi connectivity index (χ1n) is 9.29. The third-order valence-corrected chi connectivity index (χ3v) is 5.97. The van der Waals surface area contributed by atoms with E-state index in [4.69, 9.17) is 27.9 Å². The molecule has 3 atom stereocenters. The van der Waals surface area contributed by atoms with Gasteiger partial charge < -0.3 is 10.1 Å². The summed E-state index contributed by atoms with van der Waals surface area (Å²) in [6.45, 7) is 0. The summed E-state index contributed by atoms with van der Waals surface area (Å²) in [5.41, 5.74) is 4.63. The number of fused-ring (bicyclic) bond motifs is 6. The lowest BCUT2D eigenvalue weighted by atomic mass is 9.79. The Balaban J connectivity index is 1.54. The second kappa shape index (κ2) is 7.13. The minimum Gasteiger partial charge on any atom is -0.358 e. The summed E-state index contributed by atoms with van der Waals surface area (Å²) in [5.74, 6) is -0.495. The zero-order chi connectivity index (χ0) is 20.1. The number of hydrogen-bond acceptors (Lipinski definition) is 2. The minimum absolute atomic E-state index is 0.186. The molecular formula is C23H16Cl2FNO2. The van der Waals surface area contributed by atoms with Crippen molar-refractivity contribution in [2.75, 3.05) is 0 Å². The topological polar surface area (TPSA) is 38.3 Å². The van der Waals surface area contributed by atoms with E-state index in [0.29, 0.717) is 16.5 Å². The maximum Gasteiger partial charge on any atom is 0.250 e. The molecule has 29 heavy (non-hydrogen) atoms. The van der Waals surface area contributed by atoms with Crippen LogP contribution in [0.4, 0.5) is 4.39 Å². The fourth-order valence-electron chi connectivity index (χ4n) is 4.15. The van der Waals surface area contributed by atoms with Crippen LogP contribution in [-0.4, -0.2) is 12.0 Å². The maximum atomic E-state index is 13.2. The van der Waals surface area contributed by atoms with Crippen LogP contribution >= 0.6 is 23.2 Å². The van der Waals surface area contributed by atoms with Crippen molar-refractivity contribution in [3.8, 4) is 11.1 Å². The highest BCUT2D eigenvalue weighted by Gasteiger charge is 2.42. The van der Waals surface area contributed by atoms with Crippen molar-refractivity contribution in [2.45, 2.75) is 24.7 Å². The zero-order valence-electron chi connectivity index (χ0n) is 15.2. The number of halogens is 3. The largest absolute Gasteiger partial charge is 0.358 e. The van der Waals surface area contributed by atoms with Crippen molar-refractivity contribution >= 4 is 29.1 Å². The molecule has 6 heteroatoms. The van der Waals surface area contributed by atoms with Gasteiger partial charge in [-0.1, -0.05) is 47.5 Å². The second-order valence-corrected chi connectivity index (χ2v) is 8.20. The molecule has 2 aliphatic rings. The van der Waals surface area contributed by atoms with Gasteiger partial charge in [-0.15, -0.1) is 0 Å². The molecule has 1 amide bonds. The third-order valence-electron chi connectivity index (χ3n) is 5.50. The molecule has 0 spiro atoms. The number of carbonyl (C=O) groups excluding carboxylic acids is 1. The lowest BCUT2D eigenvalue weighted by Gasteiger charge is -2.41. The van der Waals surface area contributed by atoms with E-state index < -0.39 is 6.10 Å². The monoisotopic (exact) mass is 427 g/mol. The lowest BCUT2D eigenvalue weighted by molar-refractivity contribution is -0.150. The maximum absolute atomic E-state index is 13.2. The van der Waals surface area contributed by atoms with Crippen LogP contribution in [0, 0.1) is 5.82 Å². The van der Waals surface area contributed by atoms with E-state index >= 15 is 0 Å². The van der Waals surface area contributed by atoms with Gasteiger partial charge in [-0.05, 0) is 64.2 Å². The summed E-state index contributed by atoms with van der Waals surface area (Å²) in [4.78, 5) is 12.8. The fourth-order valence-corrected chi connectivity index (χ4v) is 4.50. The first kappa shape index (κ1) is 18.6. The fraction of sp³-hybridized carbons (Fsp3) is 0.174. The van der Waals surface area contributed by atoms with Gasteiger partial charge >= 0.3 is 0 Å². The van der Waals surface area contributed by atoms with Crippen molar-refractivity contribution in [1.29, 1.82) is 0 Å². The Hall–Kier alpha value is -2.40. The summed E-state index contributed by atoms with van der Waals surface area (Å²) in [6.07, 6.45) is -0.649. The van der Waals surface area contributed by atoms with Gasteiger partial charge in [-0.3, -0.25) is 4.79 Å². The van der Waals surface area contributed by atoms with Crippen molar-refractivity contribution in [2.24, 2.45) is 0 Å². The van der Waals surface area contributed by atoms with Gasteiger partial charge in [-0.25, -0.2) is 4.39 Å². The third kappa shape index (κ3) is 3.31. The lowest BCUT2D eigenvalue weighted by Crippen LogP contribution is -2.49. The second-order valence-electron chi connectivity index (χ2n) is 7.33. The molecule has 1 saturated heterocycles. The highest BCUT2D eigenvalue weighted by atomic mass is 35.5. The molecule has 0 bridgehead atoms. The van der Waals surface area contributed by atoms with Gasteiger partial charge in [0.15, 0.2) is 0 Å². The summed E-state index contributed by atoms with van der Waals surface area (Å²) in [6, 6.07) is 17.1. The predicted molar refractivity (Wildman–Crippen MR) is 110 cm³/mol. The Morgan fingerprint density at radius 2 is 1.52 bits per heavy atom. The minimum atomic E-state index is -0.668. The molecule has 0 aromatic heterocycles. The van der Waals surface area contributed by atoms with E-state index in [0.717, 1.165) is 27.8 Å². The van der Waals surface area contributed by atoms with Gasteiger partial charge in [0.2, 0.25) is 5.91 Å². The number of ether oxygens (including phenoxy) is 1. The normalized spacial score (nSPS) is 22.3. The first-order valence-corrected chi connectivity index (χ1v) is 10.0. The molecule has 1 aliphatic heterocycles. The quantitative estimate of drug-likeness (QED) is 0.573. The molecule has 1 fully saturated rings. The summed E-state index contributed by atoms with van der Waals surface area (Å²) < 4.78 is 19.5. The molecule has 1 heterocycles. The standard InChI is InChI=1S/C23H16Cl2FNO2/c24-13-3-7-16-18(10-13)19-11-14(25)4-8-17(19)22-21(16)27-23(28)20(29-22)9-12-1-5-15(26)6-2-12/h1-8,10-11,20-22H,9H2,(H,27,28). The Bertz CT molecular complexity index is 1120. The molecule has 1 N–H and O–H groups in total. The number of nitrogens with one attached hydrogen (secondary N) is 1. The zero-order valence-corrected chi connectivity index (χ0v) is 16.7. The van der Waals surface area contributed by atoms with Gasteiger partial charge in [0, 0.05) is 16.5 Å². The van der Waals surface area contributed by atoms with Crippen LogP contribution in [0.5, 0.6) is 0 Å². The van der Waals surface area contributed by atoms with Crippen LogP contribution in [0.1, 0.15) is 28.8 Å². The Labute approximate surface area is 177 Å². The summed E-state index contributed by atoms with van der Waals surface area (Å²) in [7, 11) is 0. The van der Waals surface area contributed by atoms with Crippen molar-refractivity contribution < 1.29 is 13.9 Å². The molecule has 146 valence electrons. The molecule has 0 radical (unpaired) electrons. The Morgan fingerprint density at radius 1 is 0.897 bits per heavy atom. The van der Waals surface area contributed by atoms with Crippen LogP contribution < -0.4 is 5.32 Å². The predicted octanol–water partition coefficient (Wildman–Crippen LogP) is 5.65. The van der Waals surface area contributed by atoms with Crippen LogP contribution in [-0.2, 0) is 16.0 Å². The van der Waals surface area contributed by atoms with E-state index in [1.807, 2.05) is 36.4 Å². The van der Waals surface area contributed by atoms with Crippen LogP contribution in [0.25, 0.3) is 11.1 Å². The van der Waals surface area contributed by atoms with Crippen molar-refractivity contribution in [1.82, 2.24) is 5.32 Å². The number of morpholine rings is 1. The van der Waals surface area contributed by atoms with Crippen LogP contribution in [0.2, 0.25) is 10.0 Å². The molecule has 5 rings (SSSR count). The van der Waals surface area contributed by atoms with Gasteiger partial charge in [0.1, 0.15) is 18.0 Å². The number of hydrogen-bond donors (Lipinski definition) is 1. The van der Waals surface area contributed by atoms with Gasteiger partial charge in [-0.2, -0.15) is 0 Å². The van der Waals surface area contributed by atoms with E-state index in [-0.39, 0.29) is 23.9 Å². The highest BCUT2D eigenvalue weighted by Crippen LogP contribution is 2.49. The molecule has 1 aliphatic carbocycles. The molecule has 3 aromatic rings. The van der Waals surface area contributed by atoms with Gasteiger partial charge in [0.25, 0.3) is 0 Å². The molecule has 3 nitrogen and oxygen atoms in total. The molecule has 0 saturated carbocycles. The van der Waals surface area contributed by atoms with E-state index in [1.165, 1.54) is 12.1 Å². The van der Waals surface area contributed by atoms with E-state index in [1.54, 1.807) is 12.1 Å². The van der Waals surface area contributed by atoms with Crippen LogP contribution in [0.3, 0.4) is 0 Å². The number of rotatable bonds is 2. The number of carbonyl (C=O) groups is 1. The SMILES string of the molecule is O=C1NC2c3ccc(Cl)cc3-c3cc(Cl)ccc3C2OC1Cc1ccc(F)cc1.